The topological polar surface area (TPSA) is 86.2 Å². The molecule has 84 valence electrons. The average molecular weight is 245 g/mol. The minimum Gasteiger partial charge on any atom is -0.366 e. The first-order chi connectivity index (χ1) is 7.41. The highest BCUT2D eigenvalue weighted by Gasteiger charge is 2.16. The second-order valence-electron chi connectivity index (χ2n) is 2.82. The number of amides is 1. The molecule has 0 saturated carbocycles. The lowest BCUT2D eigenvalue weighted by atomic mass is 10.2. The number of hydrogen-bond acceptors (Lipinski definition) is 3. The molecule has 0 saturated heterocycles. The van der Waals surface area contributed by atoms with Crippen molar-refractivity contribution in [2.45, 2.75) is 0 Å². The number of hydrogen-bond donors (Lipinski definition) is 1. The third-order valence-corrected chi connectivity index (χ3v) is 2.02. The summed E-state index contributed by atoms with van der Waals surface area (Å²) in [5.74, 6) is -1.76. The number of carbonyl (C=O) groups excluding carboxylic acids is 1. The molecule has 0 aliphatic carbocycles. The Labute approximate surface area is 94.5 Å². The van der Waals surface area contributed by atoms with Gasteiger partial charge in [-0.15, -0.1) is 0 Å². The van der Waals surface area contributed by atoms with E-state index in [0.29, 0.717) is 0 Å². The molecule has 0 atom stereocenters. The Morgan fingerprint density at radius 2 is 2.19 bits per heavy atom. The molecule has 0 bridgehead atoms. The van der Waals surface area contributed by atoms with Crippen molar-refractivity contribution < 1.29 is 14.1 Å². The van der Waals surface area contributed by atoms with Crippen LogP contribution in [0.5, 0.6) is 0 Å². The van der Waals surface area contributed by atoms with Crippen molar-refractivity contribution in [2.75, 3.05) is 0 Å². The van der Waals surface area contributed by atoms with Gasteiger partial charge in [-0.1, -0.05) is 11.6 Å². The zero-order chi connectivity index (χ0) is 12.3. The lowest BCUT2D eigenvalue weighted by molar-refractivity contribution is -0.387. The van der Waals surface area contributed by atoms with Crippen LogP contribution >= 0.6 is 11.6 Å². The van der Waals surface area contributed by atoms with E-state index in [9.17, 15) is 19.3 Å². The summed E-state index contributed by atoms with van der Waals surface area (Å²) in [5, 5.41) is 10.3. The van der Waals surface area contributed by atoms with Gasteiger partial charge in [-0.2, -0.15) is 4.39 Å². The second kappa shape index (κ2) is 4.71. The smallest absolute Gasteiger partial charge is 0.306 e. The number of carbonyl (C=O) groups is 1. The van der Waals surface area contributed by atoms with Crippen LogP contribution in [0.3, 0.4) is 0 Å². The summed E-state index contributed by atoms with van der Waals surface area (Å²) in [4.78, 5) is 19.9. The fourth-order valence-electron chi connectivity index (χ4n) is 0.991. The molecular formula is C9H6ClFN2O3. The first-order valence-electron chi connectivity index (χ1n) is 4.02. The number of rotatable bonds is 3. The minimum absolute atomic E-state index is 0.0365. The van der Waals surface area contributed by atoms with E-state index in [1.807, 2.05) is 0 Å². The van der Waals surface area contributed by atoms with E-state index in [1.165, 1.54) is 6.08 Å². The molecule has 0 heterocycles. The molecule has 5 nitrogen and oxygen atoms in total. The molecule has 0 aliphatic rings. The van der Waals surface area contributed by atoms with E-state index in [0.717, 1.165) is 18.2 Å². The van der Waals surface area contributed by atoms with Crippen molar-refractivity contribution in [3.05, 3.63) is 44.7 Å². The summed E-state index contributed by atoms with van der Waals surface area (Å²) in [6.45, 7) is 0. The third kappa shape index (κ3) is 2.77. The first kappa shape index (κ1) is 12.1. The normalized spacial score (nSPS) is 10.6. The highest BCUT2D eigenvalue weighted by atomic mass is 35.5. The molecule has 0 unspecified atom stereocenters. The summed E-state index contributed by atoms with van der Waals surface area (Å²) in [6.07, 6.45) is 2.16. The van der Waals surface area contributed by atoms with Crippen LogP contribution in [0.1, 0.15) is 5.56 Å². The van der Waals surface area contributed by atoms with Crippen molar-refractivity contribution in [3.63, 3.8) is 0 Å². The zero-order valence-electron chi connectivity index (χ0n) is 7.81. The molecule has 1 rings (SSSR count). The minimum atomic E-state index is -1.03. The van der Waals surface area contributed by atoms with Gasteiger partial charge in [0.25, 0.3) is 0 Å². The number of nitro benzene ring substituents is 1. The second-order valence-corrected chi connectivity index (χ2v) is 3.23. The molecule has 0 spiro atoms. The van der Waals surface area contributed by atoms with Gasteiger partial charge in [-0.25, -0.2) is 0 Å². The predicted octanol–water partition coefficient (Wildman–Crippen LogP) is 1.89. The molecular weight excluding hydrogens is 239 g/mol. The van der Waals surface area contributed by atoms with Gasteiger partial charge in [0.05, 0.1) is 9.95 Å². The van der Waals surface area contributed by atoms with Crippen LogP contribution in [0.15, 0.2) is 18.2 Å². The van der Waals surface area contributed by atoms with Crippen molar-refractivity contribution in [3.8, 4) is 0 Å². The number of benzene rings is 1. The Kier molecular flexibility index (Phi) is 3.57. The summed E-state index contributed by atoms with van der Waals surface area (Å²) < 4.78 is 13.2. The Balaban J connectivity index is 3.20. The number of primary amides is 1. The van der Waals surface area contributed by atoms with Gasteiger partial charge < -0.3 is 5.73 Å². The molecule has 0 fully saturated rings. The molecule has 16 heavy (non-hydrogen) atoms. The van der Waals surface area contributed by atoms with Gasteiger partial charge in [-0.05, 0) is 17.7 Å². The predicted molar refractivity (Wildman–Crippen MR) is 56.3 cm³/mol. The molecule has 2 N–H and O–H groups in total. The van der Waals surface area contributed by atoms with Crippen LogP contribution in [0.25, 0.3) is 6.08 Å². The van der Waals surface area contributed by atoms with Crippen molar-refractivity contribution in [1.82, 2.24) is 0 Å². The summed E-state index contributed by atoms with van der Waals surface area (Å²) in [6, 6.07) is 1.73. The van der Waals surface area contributed by atoms with Crippen LogP contribution in [-0.4, -0.2) is 10.8 Å². The van der Waals surface area contributed by atoms with Crippen molar-refractivity contribution >= 4 is 29.3 Å². The van der Waals surface area contributed by atoms with Gasteiger partial charge in [0.1, 0.15) is 0 Å². The molecule has 0 aliphatic heterocycles. The number of halogens is 2. The summed E-state index contributed by atoms with van der Waals surface area (Å²) in [7, 11) is 0. The van der Waals surface area contributed by atoms with Crippen molar-refractivity contribution in [1.29, 1.82) is 0 Å². The van der Waals surface area contributed by atoms with E-state index in [2.05, 4.69) is 0 Å². The maximum absolute atomic E-state index is 13.2. The molecule has 7 heteroatoms. The lowest BCUT2D eigenvalue weighted by Crippen LogP contribution is -2.05. The van der Waals surface area contributed by atoms with E-state index in [4.69, 9.17) is 17.3 Å². The third-order valence-electron chi connectivity index (χ3n) is 1.69. The SMILES string of the molecule is NC(=O)C=Cc1cc(F)c([N+](=O)[O-])cc1Cl. The maximum atomic E-state index is 13.2. The maximum Gasteiger partial charge on any atom is 0.306 e. The van der Waals surface area contributed by atoms with E-state index in [-0.39, 0.29) is 10.6 Å². The van der Waals surface area contributed by atoms with Crippen LogP contribution < -0.4 is 5.73 Å². The zero-order valence-corrected chi connectivity index (χ0v) is 8.57. The Morgan fingerprint density at radius 3 is 2.69 bits per heavy atom. The number of nitrogens with two attached hydrogens (primary N) is 1. The van der Waals surface area contributed by atoms with Gasteiger partial charge in [0, 0.05) is 12.1 Å². The quantitative estimate of drug-likeness (QED) is 0.500. The van der Waals surface area contributed by atoms with Gasteiger partial charge in [0.15, 0.2) is 0 Å². The molecule has 1 aromatic rings. The van der Waals surface area contributed by atoms with E-state index >= 15 is 0 Å². The largest absolute Gasteiger partial charge is 0.366 e. The van der Waals surface area contributed by atoms with Gasteiger partial charge >= 0.3 is 5.69 Å². The number of nitro groups is 1. The fraction of sp³-hybridized carbons (Fsp3) is 0. The first-order valence-corrected chi connectivity index (χ1v) is 4.40. The van der Waals surface area contributed by atoms with Crippen molar-refractivity contribution in [2.24, 2.45) is 5.73 Å². The average Bonchev–Trinajstić information content (AvgIpc) is 2.18. The summed E-state index contributed by atoms with van der Waals surface area (Å²) in [5.41, 5.74) is 4.26. The van der Waals surface area contributed by atoms with Crippen LogP contribution in [-0.2, 0) is 4.79 Å². The van der Waals surface area contributed by atoms with Gasteiger partial charge in [0.2, 0.25) is 11.7 Å². The lowest BCUT2D eigenvalue weighted by Gasteiger charge is -1.99. The number of nitrogens with zero attached hydrogens (tertiary/aromatic N) is 1. The standard InChI is InChI=1S/C9H6ClFN2O3/c10-6-4-8(13(15)16)7(11)3-5(6)1-2-9(12)14/h1-4H,(H2,12,14). The van der Waals surface area contributed by atoms with E-state index < -0.39 is 22.3 Å². The Bertz CT molecular complexity index is 488. The van der Waals surface area contributed by atoms with Crippen LogP contribution in [0.4, 0.5) is 10.1 Å². The Morgan fingerprint density at radius 1 is 1.56 bits per heavy atom. The molecule has 1 amide bonds. The molecule has 0 radical (unpaired) electrons. The van der Waals surface area contributed by atoms with E-state index in [1.54, 1.807) is 0 Å². The molecule has 0 aromatic heterocycles. The Hall–Kier alpha value is -1.95. The monoisotopic (exact) mass is 244 g/mol. The van der Waals surface area contributed by atoms with Gasteiger partial charge in [-0.3, -0.25) is 14.9 Å². The molecule has 1 aromatic carbocycles. The fourth-order valence-corrected chi connectivity index (χ4v) is 1.21. The van der Waals surface area contributed by atoms with Crippen LogP contribution in [0.2, 0.25) is 5.02 Å². The summed E-state index contributed by atoms with van der Waals surface area (Å²) >= 11 is 5.65. The van der Waals surface area contributed by atoms with Crippen LogP contribution in [0, 0.1) is 15.9 Å². The highest BCUT2D eigenvalue weighted by molar-refractivity contribution is 6.32. The highest BCUT2D eigenvalue weighted by Crippen LogP contribution is 2.26.